The molecule has 0 spiro atoms. The predicted octanol–water partition coefficient (Wildman–Crippen LogP) is 2.05. The second-order valence-electron chi connectivity index (χ2n) is 3.90. The van der Waals surface area contributed by atoms with Gasteiger partial charge in [0.05, 0.1) is 11.7 Å². The van der Waals surface area contributed by atoms with Crippen LogP contribution >= 0.6 is 11.8 Å². The van der Waals surface area contributed by atoms with Crippen LogP contribution in [0.4, 0.5) is 0 Å². The van der Waals surface area contributed by atoms with Crippen molar-refractivity contribution >= 4 is 11.8 Å². The van der Waals surface area contributed by atoms with E-state index in [4.69, 9.17) is 0 Å². The van der Waals surface area contributed by atoms with E-state index in [2.05, 4.69) is 47.0 Å². The number of hydrogen-bond acceptors (Lipinski definition) is 5. The summed E-state index contributed by atoms with van der Waals surface area (Å²) in [5.41, 5.74) is 1.02. The number of benzene rings is 1. The number of nitrogens with zero attached hydrogens (tertiary/aromatic N) is 4. The van der Waals surface area contributed by atoms with Crippen LogP contribution in [-0.4, -0.2) is 33.0 Å². The lowest BCUT2D eigenvalue weighted by molar-refractivity contribution is 0.549. The van der Waals surface area contributed by atoms with E-state index in [0.29, 0.717) is 0 Å². The Bertz CT molecular complexity index is 511. The quantitative estimate of drug-likeness (QED) is 0.837. The summed E-state index contributed by atoms with van der Waals surface area (Å²) < 4.78 is 1.80. The van der Waals surface area contributed by atoms with Crippen molar-refractivity contribution in [2.24, 2.45) is 0 Å². The molecule has 2 aromatic rings. The first kappa shape index (κ1) is 13.0. The van der Waals surface area contributed by atoms with Gasteiger partial charge in [-0.1, -0.05) is 19.1 Å². The van der Waals surface area contributed by atoms with Gasteiger partial charge in [0, 0.05) is 4.90 Å². The molecule has 2 rings (SSSR count). The molecule has 1 atom stereocenters. The van der Waals surface area contributed by atoms with E-state index in [0.717, 1.165) is 23.0 Å². The van der Waals surface area contributed by atoms with Crippen molar-refractivity contribution in [3.8, 4) is 5.69 Å². The summed E-state index contributed by atoms with van der Waals surface area (Å²) in [4.78, 5) is 1.16. The molecular weight excluding hydrogens is 246 g/mol. The molecule has 6 heteroatoms. The number of nitrogens with one attached hydrogen (secondary N) is 1. The van der Waals surface area contributed by atoms with Gasteiger partial charge >= 0.3 is 0 Å². The molecule has 1 N–H and O–H groups in total. The first-order chi connectivity index (χ1) is 8.77. The fraction of sp³-hybridized carbons (Fsp3) is 0.417. The third-order valence-electron chi connectivity index (χ3n) is 2.70. The standard InChI is InChI=1S/C12H17N5S/c1-4-13-9(2)12-14-15-16-17(12)10-7-5-6-8-11(10)18-3/h5-9,13H,4H2,1-3H3. The molecule has 0 bridgehead atoms. The zero-order chi connectivity index (χ0) is 13.0. The second kappa shape index (κ2) is 5.97. The van der Waals surface area contributed by atoms with Crippen LogP contribution in [-0.2, 0) is 0 Å². The van der Waals surface area contributed by atoms with Crippen molar-refractivity contribution in [2.45, 2.75) is 24.8 Å². The first-order valence-corrected chi connectivity index (χ1v) is 7.15. The van der Waals surface area contributed by atoms with Crippen LogP contribution in [0.15, 0.2) is 29.2 Å². The largest absolute Gasteiger partial charge is 0.308 e. The lowest BCUT2D eigenvalue weighted by Gasteiger charge is -2.13. The minimum atomic E-state index is 0.125. The molecule has 96 valence electrons. The van der Waals surface area contributed by atoms with E-state index in [9.17, 15) is 0 Å². The molecular formula is C12H17N5S. The summed E-state index contributed by atoms with van der Waals surface area (Å²) >= 11 is 1.69. The van der Waals surface area contributed by atoms with Gasteiger partial charge in [-0.15, -0.1) is 16.9 Å². The lowest BCUT2D eigenvalue weighted by Crippen LogP contribution is -2.21. The van der Waals surface area contributed by atoms with Crippen LogP contribution in [0.5, 0.6) is 0 Å². The normalized spacial score (nSPS) is 12.6. The van der Waals surface area contributed by atoms with Gasteiger partial charge in [-0.2, -0.15) is 4.68 Å². The van der Waals surface area contributed by atoms with Gasteiger partial charge in [0.1, 0.15) is 0 Å². The molecule has 0 amide bonds. The van der Waals surface area contributed by atoms with Gasteiger partial charge in [0.15, 0.2) is 5.82 Å². The number of para-hydroxylation sites is 1. The molecule has 1 unspecified atom stereocenters. The van der Waals surface area contributed by atoms with E-state index in [1.807, 2.05) is 18.2 Å². The van der Waals surface area contributed by atoms with Gasteiger partial charge in [-0.25, -0.2) is 0 Å². The zero-order valence-electron chi connectivity index (χ0n) is 10.8. The fourth-order valence-electron chi connectivity index (χ4n) is 1.84. The molecule has 0 saturated carbocycles. The molecule has 0 aliphatic rings. The summed E-state index contributed by atoms with van der Waals surface area (Å²) in [6, 6.07) is 8.25. The highest BCUT2D eigenvalue weighted by Crippen LogP contribution is 2.24. The van der Waals surface area contributed by atoms with E-state index in [1.54, 1.807) is 16.4 Å². The fourth-order valence-corrected chi connectivity index (χ4v) is 2.42. The Labute approximate surface area is 111 Å². The van der Waals surface area contributed by atoms with Gasteiger partial charge in [0.2, 0.25) is 0 Å². The summed E-state index contributed by atoms with van der Waals surface area (Å²) in [6.07, 6.45) is 2.05. The number of hydrogen-bond donors (Lipinski definition) is 1. The molecule has 1 heterocycles. The lowest BCUT2D eigenvalue weighted by atomic mass is 10.3. The summed E-state index contributed by atoms with van der Waals surface area (Å²) in [5, 5.41) is 15.3. The summed E-state index contributed by atoms with van der Waals surface area (Å²) in [5.74, 6) is 0.832. The Balaban J connectivity index is 2.42. The number of rotatable bonds is 5. The highest BCUT2D eigenvalue weighted by Gasteiger charge is 2.16. The Morgan fingerprint density at radius 3 is 2.89 bits per heavy atom. The molecule has 5 nitrogen and oxygen atoms in total. The molecule has 0 aliphatic heterocycles. The van der Waals surface area contributed by atoms with Crippen LogP contribution in [0.1, 0.15) is 25.7 Å². The van der Waals surface area contributed by atoms with Crippen molar-refractivity contribution in [2.75, 3.05) is 12.8 Å². The minimum Gasteiger partial charge on any atom is -0.308 e. The summed E-state index contributed by atoms with van der Waals surface area (Å²) in [7, 11) is 0. The molecule has 0 saturated heterocycles. The minimum absolute atomic E-state index is 0.125. The Hall–Kier alpha value is -1.40. The second-order valence-corrected chi connectivity index (χ2v) is 4.75. The topological polar surface area (TPSA) is 55.6 Å². The van der Waals surface area contributed by atoms with Crippen molar-refractivity contribution in [3.05, 3.63) is 30.1 Å². The van der Waals surface area contributed by atoms with Crippen LogP contribution < -0.4 is 5.32 Å². The van der Waals surface area contributed by atoms with E-state index >= 15 is 0 Å². The Morgan fingerprint density at radius 1 is 1.39 bits per heavy atom. The van der Waals surface area contributed by atoms with Gasteiger partial charge < -0.3 is 5.32 Å². The molecule has 0 aliphatic carbocycles. The smallest absolute Gasteiger partial charge is 0.173 e. The number of tetrazole rings is 1. The van der Waals surface area contributed by atoms with Gasteiger partial charge in [-0.05, 0) is 42.3 Å². The van der Waals surface area contributed by atoms with Gasteiger partial charge in [0.25, 0.3) is 0 Å². The average molecular weight is 263 g/mol. The maximum atomic E-state index is 4.12. The van der Waals surface area contributed by atoms with E-state index in [-0.39, 0.29) is 6.04 Å². The Kier molecular flexibility index (Phi) is 4.33. The monoisotopic (exact) mass is 263 g/mol. The maximum absolute atomic E-state index is 4.12. The molecule has 0 radical (unpaired) electrons. The van der Waals surface area contributed by atoms with Crippen LogP contribution in [0.25, 0.3) is 5.69 Å². The first-order valence-electron chi connectivity index (χ1n) is 5.93. The van der Waals surface area contributed by atoms with Crippen molar-refractivity contribution < 1.29 is 0 Å². The average Bonchev–Trinajstić information content (AvgIpc) is 2.88. The van der Waals surface area contributed by atoms with Crippen molar-refractivity contribution in [1.82, 2.24) is 25.5 Å². The van der Waals surface area contributed by atoms with E-state index in [1.165, 1.54) is 0 Å². The van der Waals surface area contributed by atoms with E-state index < -0.39 is 0 Å². The van der Waals surface area contributed by atoms with Crippen LogP contribution in [0.3, 0.4) is 0 Å². The third kappa shape index (κ3) is 2.54. The third-order valence-corrected chi connectivity index (χ3v) is 3.49. The number of thioether (sulfide) groups is 1. The molecule has 18 heavy (non-hydrogen) atoms. The Morgan fingerprint density at radius 2 is 2.17 bits per heavy atom. The number of aromatic nitrogens is 4. The molecule has 1 aromatic carbocycles. The summed E-state index contributed by atoms with van der Waals surface area (Å²) in [6.45, 7) is 5.02. The van der Waals surface area contributed by atoms with Crippen molar-refractivity contribution in [3.63, 3.8) is 0 Å². The van der Waals surface area contributed by atoms with Crippen molar-refractivity contribution in [1.29, 1.82) is 0 Å². The van der Waals surface area contributed by atoms with Crippen LogP contribution in [0, 0.1) is 0 Å². The molecule has 1 aromatic heterocycles. The van der Waals surface area contributed by atoms with Crippen LogP contribution in [0.2, 0.25) is 0 Å². The highest BCUT2D eigenvalue weighted by molar-refractivity contribution is 7.98. The SMILES string of the molecule is CCNC(C)c1nnnn1-c1ccccc1SC. The molecule has 0 fully saturated rings. The van der Waals surface area contributed by atoms with Gasteiger partial charge in [-0.3, -0.25) is 0 Å². The highest BCUT2D eigenvalue weighted by atomic mass is 32.2. The predicted molar refractivity (Wildman–Crippen MR) is 73.0 cm³/mol. The zero-order valence-corrected chi connectivity index (χ0v) is 11.6. The maximum Gasteiger partial charge on any atom is 0.173 e.